The van der Waals surface area contributed by atoms with Gasteiger partial charge in [0.2, 0.25) is 0 Å². The quantitative estimate of drug-likeness (QED) is 0.259. The van der Waals surface area contributed by atoms with Crippen molar-refractivity contribution in [1.82, 2.24) is 15.5 Å². The Morgan fingerprint density at radius 1 is 1.27 bits per heavy atom. The zero-order valence-electron chi connectivity index (χ0n) is 15.2. The van der Waals surface area contributed by atoms with Crippen LogP contribution in [0.15, 0.2) is 35.3 Å². The maximum atomic E-state index is 12.4. The van der Waals surface area contributed by atoms with Crippen molar-refractivity contribution in [1.29, 1.82) is 0 Å². The molecule has 0 unspecified atom stereocenters. The Balaban J connectivity index is 0.00000338. The number of guanidine groups is 1. The minimum Gasteiger partial charge on any atom is -0.375 e. The van der Waals surface area contributed by atoms with Crippen LogP contribution in [-0.4, -0.2) is 63.2 Å². The van der Waals surface area contributed by atoms with Gasteiger partial charge >= 0.3 is 0 Å². The Bertz CT molecular complexity index is 511. The fourth-order valence-corrected chi connectivity index (χ4v) is 2.85. The molecule has 2 N–H and O–H groups in total. The van der Waals surface area contributed by atoms with Crippen molar-refractivity contribution in [3.8, 4) is 0 Å². The minimum atomic E-state index is -2.25. The molecule has 1 aliphatic rings. The number of nitrogens with zero attached hydrogens (tertiary/aromatic N) is 2. The summed E-state index contributed by atoms with van der Waals surface area (Å²) in [5.74, 6) is 0.732. The van der Waals surface area contributed by atoms with Gasteiger partial charge in [0.1, 0.15) is 0 Å². The lowest BCUT2D eigenvalue weighted by atomic mass is 10.1. The van der Waals surface area contributed by atoms with E-state index in [0.717, 1.165) is 24.4 Å². The zero-order chi connectivity index (χ0) is 17.9. The second-order valence-electron chi connectivity index (χ2n) is 6.15. The van der Waals surface area contributed by atoms with Crippen molar-refractivity contribution in [3.05, 3.63) is 35.9 Å². The molecule has 0 radical (unpaired) electrons. The smallest absolute Gasteiger partial charge is 0.251 e. The second kappa shape index (κ2) is 13.2. The molecule has 0 aromatic heterocycles. The number of benzene rings is 1. The summed E-state index contributed by atoms with van der Waals surface area (Å²) >= 11 is 0. The van der Waals surface area contributed by atoms with E-state index in [1.165, 1.54) is 0 Å². The summed E-state index contributed by atoms with van der Waals surface area (Å²) in [6.07, 6.45) is -0.564. The highest BCUT2D eigenvalue weighted by Crippen LogP contribution is 2.11. The summed E-state index contributed by atoms with van der Waals surface area (Å²) < 4.78 is 30.4. The third-order valence-corrected chi connectivity index (χ3v) is 4.20. The van der Waals surface area contributed by atoms with E-state index in [2.05, 4.69) is 15.6 Å². The minimum absolute atomic E-state index is 0. The van der Waals surface area contributed by atoms with Crippen LogP contribution in [0.4, 0.5) is 8.78 Å². The van der Waals surface area contributed by atoms with Gasteiger partial charge in [-0.05, 0) is 18.4 Å². The van der Waals surface area contributed by atoms with E-state index in [1.54, 1.807) is 7.05 Å². The number of nitrogens with one attached hydrogen (secondary N) is 2. The van der Waals surface area contributed by atoms with E-state index in [9.17, 15) is 8.78 Å². The van der Waals surface area contributed by atoms with E-state index in [4.69, 9.17) is 4.74 Å². The van der Waals surface area contributed by atoms with Crippen LogP contribution in [0, 0.1) is 0 Å². The average Bonchev–Trinajstić information content (AvgIpc) is 2.62. The van der Waals surface area contributed by atoms with E-state index < -0.39 is 6.43 Å². The van der Waals surface area contributed by atoms with Crippen LogP contribution in [-0.2, 0) is 11.3 Å². The molecule has 2 rings (SSSR count). The van der Waals surface area contributed by atoms with Gasteiger partial charge in [-0.1, -0.05) is 30.3 Å². The van der Waals surface area contributed by atoms with Gasteiger partial charge in [0, 0.05) is 32.7 Å². The summed E-state index contributed by atoms with van der Waals surface area (Å²) in [4.78, 5) is 6.03. The number of rotatable bonds is 8. The Morgan fingerprint density at radius 3 is 2.58 bits per heavy atom. The average molecular weight is 482 g/mol. The topological polar surface area (TPSA) is 48.9 Å². The van der Waals surface area contributed by atoms with E-state index in [0.29, 0.717) is 32.8 Å². The van der Waals surface area contributed by atoms with Gasteiger partial charge in [0.15, 0.2) is 5.96 Å². The highest BCUT2D eigenvalue weighted by Gasteiger charge is 2.21. The predicted octanol–water partition coefficient (Wildman–Crippen LogP) is 2.72. The first-order chi connectivity index (χ1) is 12.2. The van der Waals surface area contributed by atoms with E-state index >= 15 is 0 Å². The monoisotopic (exact) mass is 482 g/mol. The van der Waals surface area contributed by atoms with Crippen LogP contribution in [0.2, 0.25) is 0 Å². The summed E-state index contributed by atoms with van der Waals surface area (Å²) in [5, 5.41) is 6.58. The van der Waals surface area contributed by atoms with Gasteiger partial charge in [-0.15, -0.1) is 24.0 Å². The number of alkyl halides is 2. The molecule has 1 aliphatic heterocycles. The molecular formula is C18H29F2IN4O. The SMILES string of the molecule is CN=C(NCCOCc1ccccc1)NC1CCN(CC(F)F)CC1.I. The number of piperidine rings is 1. The Morgan fingerprint density at radius 2 is 1.96 bits per heavy atom. The molecule has 1 fully saturated rings. The first kappa shape index (κ1) is 23.0. The number of likely N-dealkylation sites (tertiary alicyclic amines) is 1. The third kappa shape index (κ3) is 9.09. The molecule has 8 heteroatoms. The molecule has 1 heterocycles. The maximum Gasteiger partial charge on any atom is 0.251 e. The van der Waals surface area contributed by atoms with Gasteiger partial charge in [-0.3, -0.25) is 9.89 Å². The number of hydrogen-bond donors (Lipinski definition) is 2. The van der Waals surface area contributed by atoms with Crippen molar-refractivity contribution in [3.63, 3.8) is 0 Å². The zero-order valence-corrected chi connectivity index (χ0v) is 17.5. The highest BCUT2D eigenvalue weighted by atomic mass is 127. The molecule has 148 valence electrons. The van der Waals surface area contributed by atoms with Crippen molar-refractivity contribution in [2.24, 2.45) is 4.99 Å². The van der Waals surface area contributed by atoms with Crippen LogP contribution in [0.25, 0.3) is 0 Å². The van der Waals surface area contributed by atoms with Gasteiger partial charge in [0.05, 0.1) is 19.8 Å². The van der Waals surface area contributed by atoms with E-state index in [1.807, 2.05) is 35.2 Å². The number of hydrogen-bond acceptors (Lipinski definition) is 3. The number of halogens is 3. The standard InChI is InChI=1S/C18H28F2N4O.HI/c1-21-18(22-9-12-25-14-15-5-3-2-4-6-15)23-16-7-10-24(11-8-16)13-17(19)20;/h2-6,16-17H,7-14H2,1H3,(H2,21,22,23);1H. The summed E-state index contributed by atoms with van der Waals surface area (Å²) in [5.41, 5.74) is 1.15. The third-order valence-electron chi connectivity index (χ3n) is 4.20. The Hall–Kier alpha value is -1.00. The number of ether oxygens (including phenoxy) is 1. The summed E-state index contributed by atoms with van der Waals surface area (Å²) in [6.45, 7) is 3.10. The van der Waals surface area contributed by atoms with Gasteiger partial charge in [0.25, 0.3) is 6.43 Å². The molecule has 0 amide bonds. The molecule has 0 saturated carbocycles. The molecule has 0 aliphatic carbocycles. The van der Waals surface area contributed by atoms with Gasteiger partial charge < -0.3 is 15.4 Å². The van der Waals surface area contributed by atoms with Crippen molar-refractivity contribution < 1.29 is 13.5 Å². The molecule has 1 aromatic carbocycles. The fraction of sp³-hybridized carbons (Fsp3) is 0.611. The van der Waals surface area contributed by atoms with Crippen molar-refractivity contribution in [2.75, 3.05) is 39.8 Å². The summed E-state index contributed by atoms with van der Waals surface area (Å²) in [7, 11) is 1.73. The first-order valence-electron chi connectivity index (χ1n) is 8.76. The van der Waals surface area contributed by atoms with E-state index in [-0.39, 0.29) is 36.6 Å². The summed E-state index contributed by atoms with van der Waals surface area (Å²) in [6, 6.07) is 10.3. The molecule has 1 aromatic rings. The maximum absolute atomic E-state index is 12.4. The Labute approximate surface area is 171 Å². The Kier molecular flexibility index (Phi) is 11.7. The van der Waals surface area contributed by atoms with Crippen LogP contribution in [0.1, 0.15) is 18.4 Å². The molecule has 5 nitrogen and oxygen atoms in total. The van der Waals surface area contributed by atoms with Crippen molar-refractivity contribution >= 4 is 29.9 Å². The van der Waals surface area contributed by atoms with Gasteiger partial charge in [-0.25, -0.2) is 8.78 Å². The second-order valence-corrected chi connectivity index (χ2v) is 6.15. The largest absolute Gasteiger partial charge is 0.375 e. The van der Waals surface area contributed by atoms with Gasteiger partial charge in [-0.2, -0.15) is 0 Å². The highest BCUT2D eigenvalue weighted by molar-refractivity contribution is 14.0. The van der Waals surface area contributed by atoms with Crippen LogP contribution in [0.3, 0.4) is 0 Å². The molecule has 0 bridgehead atoms. The molecule has 1 saturated heterocycles. The number of aliphatic imine (C=N–C) groups is 1. The lowest BCUT2D eigenvalue weighted by Crippen LogP contribution is -2.49. The normalized spacial score (nSPS) is 16.4. The molecule has 26 heavy (non-hydrogen) atoms. The fourth-order valence-electron chi connectivity index (χ4n) is 2.85. The lowest BCUT2D eigenvalue weighted by Gasteiger charge is -2.32. The predicted molar refractivity (Wildman–Crippen MR) is 111 cm³/mol. The molecular weight excluding hydrogens is 453 g/mol. The molecule has 0 spiro atoms. The first-order valence-corrected chi connectivity index (χ1v) is 8.76. The van der Waals surface area contributed by atoms with Crippen LogP contribution < -0.4 is 10.6 Å². The van der Waals surface area contributed by atoms with Crippen molar-refractivity contribution in [2.45, 2.75) is 31.9 Å². The van der Waals surface area contributed by atoms with Crippen LogP contribution in [0.5, 0.6) is 0 Å². The lowest BCUT2D eigenvalue weighted by molar-refractivity contribution is 0.0744. The molecule has 0 atom stereocenters. The van der Waals surface area contributed by atoms with Crippen LogP contribution >= 0.6 is 24.0 Å².